The second kappa shape index (κ2) is 7.92. The number of hydrogen-bond acceptors (Lipinski definition) is 5. The van der Waals surface area contributed by atoms with Crippen molar-refractivity contribution in [3.63, 3.8) is 0 Å². The number of ether oxygens (including phenoxy) is 1. The number of hydrogen-bond donors (Lipinski definition) is 0. The third-order valence-electron chi connectivity index (χ3n) is 5.18. The molecule has 152 valence electrons. The molecule has 1 aliphatic heterocycles. The van der Waals surface area contributed by atoms with Crippen molar-refractivity contribution in [3.05, 3.63) is 41.7 Å². The maximum atomic E-state index is 12.8. The number of nitrogens with zero attached hydrogens (tertiary/aromatic N) is 4. The molecule has 0 bridgehead atoms. The number of benzene rings is 1. The molecule has 2 aromatic rings. The van der Waals surface area contributed by atoms with E-state index < -0.39 is 10.0 Å². The minimum Gasteiger partial charge on any atom is -0.494 e. The zero-order valence-corrected chi connectivity index (χ0v) is 17.4. The number of amides is 1. The van der Waals surface area contributed by atoms with Gasteiger partial charge in [-0.3, -0.25) is 4.79 Å². The van der Waals surface area contributed by atoms with Gasteiger partial charge < -0.3 is 9.64 Å². The lowest BCUT2D eigenvalue weighted by Crippen LogP contribution is -2.47. The van der Waals surface area contributed by atoms with Crippen molar-refractivity contribution >= 4 is 15.9 Å². The number of carbonyl (C=O) groups excluding carboxylic acids is 1. The van der Waals surface area contributed by atoms with Gasteiger partial charge in [-0.2, -0.15) is 5.10 Å². The van der Waals surface area contributed by atoms with E-state index in [9.17, 15) is 13.2 Å². The van der Waals surface area contributed by atoms with E-state index in [-0.39, 0.29) is 11.9 Å². The number of rotatable bonds is 5. The molecule has 1 aliphatic rings. The van der Waals surface area contributed by atoms with E-state index in [1.54, 1.807) is 36.0 Å². The quantitative estimate of drug-likeness (QED) is 0.754. The molecule has 0 spiro atoms. The van der Waals surface area contributed by atoms with E-state index in [0.717, 1.165) is 11.3 Å². The summed E-state index contributed by atoms with van der Waals surface area (Å²) in [4.78, 5) is 14.6. The first-order valence-corrected chi connectivity index (χ1v) is 11.0. The second-order valence-corrected chi connectivity index (χ2v) is 9.17. The Hall–Kier alpha value is -2.39. The molecule has 1 aromatic heterocycles. The number of piperidine rings is 1. The molecule has 0 saturated carbocycles. The number of sulfonamides is 1. The van der Waals surface area contributed by atoms with E-state index in [4.69, 9.17) is 4.74 Å². The maximum absolute atomic E-state index is 12.8. The first-order valence-electron chi connectivity index (χ1n) is 9.13. The summed E-state index contributed by atoms with van der Waals surface area (Å²) in [6.07, 6.45) is 4.18. The molecule has 1 amide bonds. The molecular weight excluding hydrogens is 380 g/mol. The van der Waals surface area contributed by atoms with Crippen molar-refractivity contribution in [3.8, 4) is 11.4 Å². The molecule has 1 aromatic carbocycles. The Kier molecular flexibility index (Phi) is 5.76. The monoisotopic (exact) mass is 406 g/mol. The molecule has 0 aliphatic carbocycles. The van der Waals surface area contributed by atoms with Gasteiger partial charge >= 0.3 is 0 Å². The molecule has 1 saturated heterocycles. The molecule has 2 heterocycles. The van der Waals surface area contributed by atoms with Gasteiger partial charge in [-0.25, -0.2) is 17.4 Å². The highest BCUT2D eigenvalue weighted by Gasteiger charge is 2.30. The summed E-state index contributed by atoms with van der Waals surface area (Å²) in [6.45, 7) is 2.99. The first kappa shape index (κ1) is 20.3. The fourth-order valence-corrected chi connectivity index (χ4v) is 4.17. The number of likely N-dealkylation sites (tertiary alicyclic amines) is 1. The summed E-state index contributed by atoms with van der Waals surface area (Å²) < 4.78 is 31.8. The summed E-state index contributed by atoms with van der Waals surface area (Å²) in [5.74, 6) is 0.531. The molecule has 9 heteroatoms. The third kappa shape index (κ3) is 4.20. The highest BCUT2D eigenvalue weighted by Crippen LogP contribution is 2.24. The highest BCUT2D eigenvalue weighted by atomic mass is 32.2. The molecule has 0 radical (unpaired) electrons. The summed E-state index contributed by atoms with van der Waals surface area (Å²) >= 11 is 0. The van der Waals surface area contributed by atoms with Crippen molar-refractivity contribution in [1.29, 1.82) is 0 Å². The lowest BCUT2D eigenvalue weighted by molar-refractivity contribution is 0.0680. The average molecular weight is 407 g/mol. The fourth-order valence-electron chi connectivity index (χ4n) is 3.42. The SMILES string of the molecule is COc1ccc(C)cc1-n1ccc(C(=O)N2CCC(N(C)S(C)(=O)=O)CC2)n1. The minimum atomic E-state index is -3.23. The van der Waals surface area contributed by atoms with Gasteiger partial charge in [0, 0.05) is 32.4 Å². The Morgan fingerprint density at radius 1 is 1.25 bits per heavy atom. The smallest absolute Gasteiger partial charge is 0.274 e. The molecule has 1 fully saturated rings. The van der Waals surface area contributed by atoms with Crippen LogP contribution < -0.4 is 4.74 Å². The van der Waals surface area contributed by atoms with E-state index in [0.29, 0.717) is 37.4 Å². The molecule has 0 atom stereocenters. The largest absolute Gasteiger partial charge is 0.494 e. The van der Waals surface area contributed by atoms with Crippen LogP contribution in [0, 0.1) is 6.92 Å². The van der Waals surface area contributed by atoms with Gasteiger partial charge in [0.25, 0.3) is 5.91 Å². The number of aromatic nitrogens is 2. The predicted molar refractivity (Wildman–Crippen MR) is 106 cm³/mol. The normalized spacial score (nSPS) is 15.8. The lowest BCUT2D eigenvalue weighted by atomic mass is 10.1. The van der Waals surface area contributed by atoms with Gasteiger partial charge in [-0.15, -0.1) is 0 Å². The summed E-state index contributed by atoms with van der Waals surface area (Å²) in [6, 6.07) is 7.39. The first-order chi connectivity index (χ1) is 13.2. The van der Waals surface area contributed by atoms with Gasteiger partial charge in [-0.1, -0.05) is 6.07 Å². The highest BCUT2D eigenvalue weighted by molar-refractivity contribution is 7.88. The van der Waals surface area contributed by atoms with E-state index in [1.807, 2.05) is 25.1 Å². The predicted octanol–water partition coefficient (Wildman–Crippen LogP) is 1.69. The van der Waals surface area contributed by atoms with Crippen LogP contribution in [0.4, 0.5) is 0 Å². The zero-order chi connectivity index (χ0) is 20.5. The zero-order valence-electron chi connectivity index (χ0n) is 16.6. The van der Waals surface area contributed by atoms with Crippen LogP contribution in [0.5, 0.6) is 5.75 Å². The molecule has 3 rings (SSSR count). The summed E-state index contributed by atoms with van der Waals surface area (Å²) in [5, 5.41) is 4.44. The molecule has 0 N–H and O–H groups in total. The van der Waals surface area contributed by atoms with Crippen LogP contribution >= 0.6 is 0 Å². The number of aryl methyl sites for hydroxylation is 1. The van der Waals surface area contributed by atoms with Crippen LogP contribution in [0.25, 0.3) is 5.69 Å². The Morgan fingerprint density at radius 3 is 2.54 bits per heavy atom. The summed E-state index contributed by atoms with van der Waals surface area (Å²) in [5.41, 5.74) is 2.20. The Labute approximate surface area is 165 Å². The van der Waals surface area contributed by atoms with Crippen LogP contribution in [0.15, 0.2) is 30.5 Å². The van der Waals surface area contributed by atoms with Crippen molar-refractivity contribution in [1.82, 2.24) is 19.0 Å². The van der Waals surface area contributed by atoms with Gasteiger partial charge in [-0.05, 0) is 43.5 Å². The van der Waals surface area contributed by atoms with Gasteiger partial charge in [0.2, 0.25) is 10.0 Å². The van der Waals surface area contributed by atoms with E-state index >= 15 is 0 Å². The Balaban J connectivity index is 1.71. The standard InChI is InChI=1S/C19H26N4O4S/c1-14-5-6-18(27-3)17(13-14)23-12-9-16(20-23)19(24)22-10-7-15(8-11-22)21(2)28(4,25)26/h5-6,9,12-13,15H,7-8,10-11H2,1-4H3. The second-order valence-electron chi connectivity index (χ2n) is 7.12. The summed E-state index contributed by atoms with van der Waals surface area (Å²) in [7, 11) is -0.0372. The van der Waals surface area contributed by atoms with Crippen LogP contribution in [-0.2, 0) is 10.0 Å². The lowest BCUT2D eigenvalue weighted by Gasteiger charge is -2.35. The maximum Gasteiger partial charge on any atom is 0.274 e. The van der Waals surface area contributed by atoms with Gasteiger partial charge in [0.05, 0.1) is 13.4 Å². The van der Waals surface area contributed by atoms with Crippen molar-refractivity contribution in [2.24, 2.45) is 0 Å². The molecule has 0 unspecified atom stereocenters. The van der Waals surface area contributed by atoms with Crippen LogP contribution in [0.3, 0.4) is 0 Å². The van der Waals surface area contributed by atoms with Crippen LogP contribution in [0.2, 0.25) is 0 Å². The third-order valence-corrected chi connectivity index (χ3v) is 6.52. The average Bonchev–Trinajstić information content (AvgIpc) is 3.16. The Morgan fingerprint density at radius 2 is 1.93 bits per heavy atom. The van der Waals surface area contributed by atoms with Gasteiger partial charge in [0.1, 0.15) is 11.4 Å². The Bertz CT molecular complexity index is 962. The van der Waals surface area contributed by atoms with Gasteiger partial charge in [0.15, 0.2) is 5.69 Å². The van der Waals surface area contributed by atoms with E-state index in [1.165, 1.54) is 10.6 Å². The van der Waals surface area contributed by atoms with Crippen molar-refractivity contribution in [2.75, 3.05) is 33.5 Å². The molecule has 8 nitrogen and oxygen atoms in total. The minimum absolute atomic E-state index is 0.0758. The number of carbonyl (C=O) groups is 1. The molecular formula is C19H26N4O4S. The van der Waals surface area contributed by atoms with Crippen molar-refractivity contribution < 1.29 is 17.9 Å². The van der Waals surface area contributed by atoms with Crippen LogP contribution in [-0.4, -0.2) is 72.9 Å². The fraction of sp³-hybridized carbons (Fsp3) is 0.474. The van der Waals surface area contributed by atoms with E-state index in [2.05, 4.69) is 5.10 Å². The topological polar surface area (TPSA) is 84.7 Å². The van der Waals surface area contributed by atoms with Crippen molar-refractivity contribution in [2.45, 2.75) is 25.8 Å². The van der Waals surface area contributed by atoms with Crippen LogP contribution in [0.1, 0.15) is 28.9 Å². The number of methoxy groups -OCH3 is 1. The molecule has 28 heavy (non-hydrogen) atoms.